The number of halogens is 3. The van der Waals surface area contributed by atoms with Gasteiger partial charge in [-0.3, -0.25) is 9.78 Å². The summed E-state index contributed by atoms with van der Waals surface area (Å²) >= 11 is 13.7. The van der Waals surface area contributed by atoms with Gasteiger partial charge in [0, 0.05) is 34.7 Å². The molecule has 2 N–H and O–H groups in total. The quantitative estimate of drug-likeness (QED) is 0.360. The van der Waals surface area contributed by atoms with Crippen LogP contribution < -0.4 is 5.56 Å². The van der Waals surface area contributed by atoms with Crippen molar-refractivity contribution in [2.24, 2.45) is 0 Å². The average molecular weight is 431 g/mol. The second-order valence-corrected chi connectivity index (χ2v) is 7.90. The number of imidazole rings is 1. The minimum Gasteiger partial charge on any atom is -0.332 e. The van der Waals surface area contributed by atoms with Gasteiger partial charge in [-0.05, 0) is 36.0 Å². The number of aromatic nitrogens is 4. The molecule has 0 fully saturated rings. The molecule has 3 aromatic heterocycles. The lowest BCUT2D eigenvalue weighted by atomic mass is 10.0. The number of pyridine rings is 2. The minimum atomic E-state index is -0.420. The average Bonchev–Trinajstić information content (AvgIpc) is 3.09. The number of fused-ring (bicyclic) bond motifs is 6. The zero-order chi connectivity index (χ0) is 19.4. The van der Waals surface area contributed by atoms with E-state index < -0.39 is 5.82 Å². The van der Waals surface area contributed by atoms with Gasteiger partial charge in [0.1, 0.15) is 5.82 Å². The maximum absolute atomic E-state index is 13.9. The van der Waals surface area contributed by atoms with Crippen LogP contribution in [-0.4, -0.2) is 19.9 Å². The van der Waals surface area contributed by atoms with E-state index in [-0.39, 0.29) is 5.56 Å². The molecule has 28 heavy (non-hydrogen) atoms. The van der Waals surface area contributed by atoms with E-state index in [1.54, 1.807) is 18.3 Å². The molecule has 138 valence electrons. The summed E-state index contributed by atoms with van der Waals surface area (Å²) in [5.74, 6) is -0.420. The van der Waals surface area contributed by atoms with Gasteiger partial charge in [-0.25, -0.2) is 9.37 Å². The molecular formula is C19H9Cl2FN4OS. The van der Waals surface area contributed by atoms with Crippen LogP contribution in [0.5, 0.6) is 0 Å². The van der Waals surface area contributed by atoms with E-state index in [1.165, 1.54) is 36.3 Å². The molecule has 0 atom stereocenters. The monoisotopic (exact) mass is 430 g/mol. The van der Waals surface area contributed by atoms with Gasteiger partial charge in [0.2, 0.25) is 0 Å². The first-order chi connectivity index (χ1) is 13.5. The van der Waals surface area contributed by atoms with E-state index in [9.17, 15) is 9.18 Å². The lowest BCUT2D eigenvalue weighted by Gasteiger charge is -2.05. The Kier molecular flexibility index (Phi) is 4.04. The minimum absolute atomic E-state index is 0.293. The SMILES string of the molecule is O=c1[nH]ccc2c3[nH]c(Sc4c(Cl)cncc4Cl)nc3c3ccc(F)cc3c12. The summed E-state index contributed by atoms with van der Waals surface area (Å²) in [4.78, 5) is 27.6. The molecule has 9 heteroatoms. The van der Waals surface area contributed by atoms with Crippen LogP contribution >= 0.6 is 35.0 Å². The van der Waals surface area contributed by atoms with Crippen molar-refractivity contribution >= 4 is 67.5 Å². The summed E-state index contributed by atoms with van der Waals surface area (Å²) in [5, 5.41) is 3.61. The van der Waals surface area contributed by atoms with E-state index in [1.807, 2.05) is 0 Å². The largest absolute Gasteiger partial charge is 0.332 e. The third-order valence-electron chi connectivity index (χ3n) is 4.43. The second kappa shape index (κ2) is 6.48. The van der Waals surface area contributed by atoms with Gasteiger partial charge < -0.3 is 9.97 Å². The van der Waals surface area contributed by atoms with E-state index in [4.69, 9.17) is 23.2 Å². The van der Waals surface area contributed by atoms with Crippen molar-refractivity contribution in [2.45, 2.75) is 10.1 Å². The molecule has 0 unspecified atom stereocenters. The molecule has 5 aromatic rings. The molecule has 0 amide bonds. The van der Waals surface area contributed by atoms with Crippen LogP contribution in [0.15, 0.2) is 57.7 Å². The number of rotatable bonds is 2. The Labute approximate surface area is 170 Å². The Morgan fingerprint density at radius 3 is 2.61 bits per heavy atom. The lowest BCUT2D eigenvalue weighted by molar-refractivity contribution is 0.630. The highest BCUT2D eigenvalue weighted by Crippen LogP contribution is 2.39. The summed E-state index contributed by atoms with van der Waals surface area (Å²) in [6.07, 6.45) is 4.57. The van der Waals surface area contributed by atoms with Crippen LogP contribution in [0, 0.1) is 5.82 Å². The van der Waals surface area contributed by atoms with E-state index in [0.717, 1.165) is 0 Å². The normalized spacial score (nSPS) is 11.7. The van der Waals surface area contributed by atoms with Gasteiger partial charge in [0.25, 0.3) is 5.56 Å². The molecule has 0 aliphatic rings. The zero-order valence-electron chi connectivity index (χ0n) is 13.9. The van der Waals surface area contributed by atoms with Gasteiger partial charge >= 0.3 is 0 Å². The highest BCUT2D eigenvalue weighted by Gasteiger charge is 2.17. The third-order valence-corrected chi connectivity index (χ3v) is 6.25. The topological polar surface area (TPSA) is 74.4 Å². The second-order valence-electron chi connectivity index (χ2n) is 6.09. The fourth-order valence-electron chi connectivity index (χ4n) is 3.27. The highest BCUT2D eigenvalue weighted by molar-refractivity contribution is 7.99. The summed E-state index contributed by atoms with van der Waals surface area (Å²) in [6, 6.07) is 6.09. The molecule has 0 bridgehead atoms. The molecule has 5 rings (SSSR count). The van der Waals surface area contributed by atoms with Crippen molar-refractivity contribution < 1.29 is 4.39 Å². The fourth-order valence-corrected chi connectivity index (χ4v) is 4.65. The number of aromatic amines is 2. The van der Waals surface area contributed by atoms with Gasteiger partial charge in [0.05, 0.1) is 31.4 Å². The van der Waals surface area contributed by atoms with Crippen LogP contribution in [0.2, 0.25) is 10.0 Å². The Balaban J connectivity index is 1.85. The number of H-pyrrole nitrogens is 2. The van der Waals surface area contributed by atoms with Crippen LogP contribution in [0.3, 0.4) is 0 Å². The Morgan fingerprint density at radius 2 is 1.82 bits per heavy atom. The molecule has 0 spiro atoms. The third kappa shape index (κ3) is 2.66. The predicted molar refractivity (Wildman–Crippen MR) is 110 cm³/mol. The molecule has 0 aliphatic carbocycles. The van der Waals surface area contributed by atoms with Gasteiger partial charge in [0.15, 0.2) is 5.16 Å². The molecule has 0 saturated carbocycles. The summed E-state index contributed by atoms with van der Waals surface area (Å²) in [7, 11) is 0. The molecule has 0 aliphatic heterocycles. The number of nitrogens with one attached hydrogen (secondary N) is 2. The number of hydrogen-bond donors (Lipinski definition) is 2. The molecule has 5 nitrogen and oxygen atoms in total. The molecular weight excluding hydrogens is 422 g/mol. The first-order valence-corrected chi connectivity index (χ1v) is 9.69. The summed E-state index contributed by atoms with van der Waals surface area (Å²) < 4.78 is 13.9. The van der Waals surface area contributed by atoms with Gasteiger partial charge in [-0.1, -0.05) is 23.2 Å². The van der Waals surface area contributed by atoms with Crippen LogP contribution in [0.1, 0.15) is 0 Å². The zero-order valence-corrected chi connectivity index (χ0v) is 16.2. The standard InChI is InChI=1S/C19H9Cl2FN4OS/c20-12-6-23-7-13(21)17(12)28-19-25-15-9-2-1-8(22)5-11(9)14-10(16(15)26-19)3-4-24-18(14)27/h1-7H,(H,24,27)(H,25,26). The molecule has 2 aromatic carbocycles. The summed E-state index contributed by atoms with van der Waals surface area (Å²) in [6.45, 7) is 0. The van der Waals surface area contributed by atoms with E-state index in [2.05, 4.69) is 19.9 Å². The van der Waals surface area contributed by atoms with Crippen molar-refractivity contribution in [3.05, 3.63) is 69.1 Å². The maximum Gasteiger partial charge on any atom is 0.256 e. The van der Waals surface area contributed by atoms with Crippen LogP contribution in [0.25, 0.3) is 32.6 Å². The lowest BCUT2D eigenvalue weighted by Crippen LogP contribution is -2.05. The highest BCUT2D eigenvalue weighted by atomic mass is 35.5. The summed E-state index contributed by atoms with van der Waals surface area (Å²) in [5.41, 5.74) is 1.03. The van der Waals surface area contributed by atoms with Gasteiger partial charge in [-0.2, -0.15) is 0 Å². The van der Waals surface area contributed by atoms with Crippen molar-refractivity contribution in [1.82, 2.24) is 19.9 Å². The first kappa shape index (κ1) is 17.5. The Morgan fingerprint density at radius 1 is 1.04 bits per heavy atom. The van der Waals surface area contributed by atoms with Crippen molar-refractivity contribution in [3.8, 4) is 0 Å². The van der Waals surface area contributed by atoms with Crippen LogP contribution in [0.4, 0.5) is 4.39 Å². The predicted octanol–water partition coefficient (Wildman–Crippen LogP) is 5.55. The van der Waals surface area contributed by atoms with E-state index in [0.29, 0.717) is 52.7 Å². The molecule has 3 heterocycles. The Hall–Kier alpha value is -2.61. The maximum atomic E-state index is 13.9. The van der Waals surface area contributed by atoms with Crippen molar-refractivity contribution in [3.63, 3.8) is 0 Å². The van der Waals surface area contributed by atoms with Crippen molar-refractivity contribution in [2.75, 3.05) is 0 Å². The van der Waals surface area contributed by atoms with Crippen LogP contribution in [-0.2, 0) is 0 Å². The Bertz CT molecular complexity index is 1440. The fraction of sp³-hybridized carbons (Fsp3) is 0. The van der Waals surface area contributed by atoms with Gasteiger partial charge in [-0.15, -0.1) is 0 Å². The van der Waals surface area contributed by atoms with Crippen molar-refractivity contribution in [1.29, 1.82) is 0 Å². The number of nitrogens with zero attached hydrogens (tertiary/aromatic N) is 2. The van der Waals surface area contributed by atoms with E-state index >= 15 is 0 Å². The molecule has 0 radical (unpaired) electrons. The first-order valence-electron chi connectivity index (χ1n) is 8.12. The number of benzene rings is 2. The molecule has 0 saturated heterocycles. The number of hydrogen-bond acceptors (Lipinski definition) is 4. The smallest absolute Gasteiger partial charge is 0.256 e.